The molecule has 0 atom stereocenters. The van der Waals surface area contributed by atoms with E-state index in [4.69, 9.17) is 10.00 Å². The number of aryl methyl sites for hydroxylation is 2. The molecule has 0 amide bonds. The number of hydrogen-bond donors (Lipinski definition) is 0. The Morgan fingerprint density at radius 2 is 2.04 bits per heavy atom. The third-order valence-corrected chi connectivity index (χ3v) is 4.23. The number of aromatic nitrogens is 3. The monoisotopic (exact) mass is 364 g/mol. The quantitative estimate of drug-likeness (QED) is 0.645. The zero-order valence-corrected chi connectivity index (χ0v) is 15.0. The number of pyridine rings is 1. The molecule has 0 bridgehead atoms. The van der Waals surface area contributed by atoms with Crippen LogP contribution in [0.15, 0.2) is 39.9 Å². The molecule has 0 fully saturated rings. The van der Waals surface area contributed by atoms with E-state index in [1.807, 2.05) is 6.07 Å². The van der Waals surface area contributed by atoms with Crippen molar-refractivity contribution in [1.29, 1.82) is 5.26 Å². The van der Waals surface area contributed by atoms with Crippen molar-refractivity contribution in [1.82, 2.24) is 14.1 Å². The molecule has 0 spiro atoms. The van der Waals surface area contributed by atoms with Gasteiger partial charge in [0, 0.05) is 12.7 Å². The maximum absolute atomic E-state index is 13.0. The van der Waals surface area contributed by atoms with E-state index in [9.17, 15) is 14.4 Å². The van der Waals surface area contributed by atoms with Gasteiger partial charge in [-0.1, -0.05) is 12.1 Å². The number of nitriles is 1. The molecule has 8 nitrogen and oxygen atoms in total. The van der Waals surface area contributed by atoms with E-state index in [0.29, 0.717) is 16.8 Å². The van der Waals surface area contributed by atoms with Gasteiger partial charge in [0.25, 0.3) is 5.56 Å². The first kappa shape index (κ1) is 18.1. The summed E-state index contributed by atoms with van der Waals surface area (Å²) in [7, 11) is 2.71. The van der Waals surface area contributed by atoms with Crippen LogP contribution in [0.3, 0.4) is 0 Å². The number of ether oxygens (including phenoxy) is 1. The van der Waals surface area contributed by atoms with Gasteiger partial charge in [-0.05, 0) is 30.7 Å². The zero-order valence-electron chi connectivity index (χ0n) is 15.0. The summed E-state index contributed by atoms with van der Waals surface area (Å²) in [6.45, 7) is 1.63. The van der Waals surface area contributed by atoms with Gasteiger partial charge in [-0.25, -0.2) is 14.6 Å². The van der Waals surface area contributed by atoms with Crippen LogP contribution in [-0.2, 0) is 18.3 Å². The highest BCUT2D eigenvalue weighted by molar-refractivity contribution is 6.02. The fourth-order valence-corrected chi connectivity index (χ4v) is 2.94. The summed E-state index contributed by atoms with van der Waals surface area (Å²) < 4.78 is 7.02. The van der Waals surface area contributed by atoms with Gasteiger partial charge in [-0.3, -0.25) is 13.9 Å². The van der Waals surface area contributed by atoms with Crippen molar-refractivity contribution >= 4 is 17.0 Å². The maximum atomic E-state index is 13.0. The van der Waals surface area contributed by atoms with Gasteiger partial charge in [-0.2, -0.15) is 5.26 Å². The first-order valence-electron chi connectivity index (χ1n) is 8.06. The summed E-state index contributed by atoms with van der Waals surface area (Å²) in [6, 6.07) is 10.1. The smallest absolute Gasteiger partial charge is 0.338 e. The number of rotatable bonds is 3. The number of esters is 1. The molecule has 136 valence electrons. The molecule has 0 aliphatic rings. The Morgan fingerprint density at radius 1 is 1.30 bits per heavy atom. The Bertz CT molecular complexity index is 1230. The van der Waals surface area contributed by atoms with Crippen LogP contribution in [-0.4, -0.2) is 27.2 Å². The third-order valence-electron chi connectivity index (χ3n) is 4.23. The van der Waals surface area contributed by atoms with Gasteiger partial charge in [-0.15, -0.1) is 0 Å². The highest BCUT2D eigenvalue weighted by Crippen LogP contribution is 2.15. The van der Waals surface area contributed by atoms with Gasteiger partial charge in [0.1, 0.15) is 5.65 Å². The lowest BCUT2D eigenvalue weighted by Crippen LogP contribution is -2.40. The van der Waals surface area contributed by atoms with Crippen LogP contribution in [0.25, 0.3) is 11.0 Å². The summed E-state index contributed by atoms with van der Waals surface area (Å²) in [5.74, 6) is -0.681. The molecule has 0 unspecified atom stereocenters. The Kier molecular flexibility index (Phi) is 4.60. The molecule has 8 heteroatoms. The highest BCUT2D eigenvalue weighted by Gasteiger charge is 2.20. The molecule has 0 radical (unpaired) electrons. The summed E-state index contributed by atoms with van der Waals surface area (Å²) in [5.41, 5.74) is 0.495. The number of carbonyl (C=O) groups is 1. The van der Waals surface area contributed by atoms with Crippen LogP contribution in [0, 0.1) is 18.3 Å². The molecule has 0 aliphatic carbocycles. The van der Waals surface area contributed by atoms with Crippen LogP contribution in [0.4, 0.5) is 0 Å². The first-order chi connectivity index (χ1) is 12.9. The molecule has 3 rings (SSSR count). The fourth-order valence-electron chi connectivity index (χ4n) is 2.94. The highest BCUT2D eigenvalue weighted by atomic mass is 16.5. The molecular weight excluding hydrogens is 348 g/mol. The summed E-state index contributed by atoms with van der Waals surface area (Å²) in [6.07, 6.45) is 0. The van der Waals surface area contributed by atoms with E-state index >= 15 is 0 Å². The van der Waals surface area contributed by atoms with Crippen LogP contribution in [0.2, 0.25) is 0 Å². The molecule has 0 N–H and O–H groups in total. The molecule has 2 aromatic heterocycles. The van der Waals surface area contributed by atoms with Crippen LogP contribution < -0.4 is 11.2 Å². The van der Waals surface area contributed by atoms with E-state index in [1.165, 1.54) is 24.8 Å². The van der Waals surface area contributed by atoms with Crippen molar-refractivity contribution in [3.05, 3.63) is 73.6 Å². The van der Waals surface area contributed by atoms with Gasteiger partial charge < -0.3 is 4.74 Å². The molecule has 0 saturated heterocycles. The average molecular weight is 364 g/mol. The second-order valence-electron chi connectivity index (χ2n) is 6.05. The van der Waals surface area contributed by atoms with Gasteiger partial charge in [0.05, 0.1) is 36.2 Å². The van der Waals surface area contributed by atoms with E-state index in [2.05, 4.69) is 4.98 Å². The molecule has 2 heterocycles. The average Bonchev–Trinajstić information content (AvgIpc) is 2.68. The number of hydrogen-bond acceptors (Lipinski definition) is 6. The zero-order chi connectivity index (χ0) is 19.7. The fraction of sp³-hybridized carbons (Fsp3) is 0.211. The lowest BCUT2D eigenvalue weighted by molar-refractivity contribution is 0.0602. The molecule has 0 saturated carbocycles. The second kappa shape index (κ2) is 6.88. The molecule has 0 aliphatic heterocycles. The lowest BCUT2D eigenvalue weighted by atomic mass is 10.1. The third kappa shape index (κ3) is 3.11. The standard InChI is InChI=1S/C19H16N4O4/c1-11-7-14(18(25)27-3)15-16(21-11)22(2)19(26)23(17(15)24)10-13-6-4-5-12(8-13)9-20/h4-8H,10H2,1-3H3. The minimum absolute atomic E-state index is 0.0194. The minimum atomic E-state index is -0.681. The molecule has 3 aromatic rings. The predicted molar refractivity (Wildman–Crippen MR) is 97.6 cm³/mol. The Hall–Kier alpha value is -3.73. The summed E-state index contributed by atoms with van der Waals surface area (Å²) in [5, 5.41) is 9.05. The Balaban J connectivity index is 2.33. The van der Waals surface area contributed by atoms with Crippen LogP contribution in [0.1, 0.15) is 27.2 Å². The largest absolute Gasteiger partial charge is 0.465 e. The second-order valence-corrected chi connectivity index (χ2v) is 6.05. The SMILES string of the molecule is COC(=O)c1cc(C)nc2c1c(=O)n(Cc1cccc(C#N)c1)c(=O)n2C. The van der Waals surface area contributed by atoms with E-state index in [0.717, 1.165) is 4.57 Å². The number of fused-ring (bicyclic) bond motifs is 1. The topological polar surface area (TPSA) is 107 Å². The van der Waals surface area contributed by atoms with Crippen LogP contribution in [0.5, 0.6) is 0 Å². The van der Waals surface area contributed by atoms with Crippen molar-refractivity contribution in [2.75, 3.05) is 7.11 Å². The van der Waals surface area contributed by atoms with E-state index < -0.39 is 17.2 Å². The number of carbonyl (C=O) groups excluding carboxylic acids is 1. The van der Waals surface area contributed by atoms with Crippen molar-refractivity contribution in [3.63, 3.8) is 0 Å². The van der Waals surface area contributed by atoms with Gasteiger partial charge in [0.2, 0.25) is 0 Å². The van der Waals surface area contributed by atoms with Crippen molar-refractivity contribution in [2.45, 2.75) is 13.5 Å². The number of nitrogens with zero attached hydrogens (tertiary/aromatic N) is 4. The maximum Gasteiger partial charge on any atom is 0.338 e. The predicted octanol–water partition coefficient (Wildman–Crippen LogP) is 1.11. The summed E-state index contributed by atoms with van der Waals surface area (Å²) >= 11 is 0. The van der Waals surface area contributed by atoms with Gasteiger partial charge in [0.15, 0.2) is 0 Å². The normalized spacial score (nSPS) is 10.6. The molecule has 27 heavy (non-hydrogen) atoms. The summed E-state index contributed by atoms with van der Waals surface area (Å²) in [4.78, 5) is 42.2. The first-order valence-corrected chi connectivity index (χ1v) is 8.06. The van der Waals surface area contributed by atoms with Crippen LogP contribution >= 0.6 is 0 Å². The minimum Gasteiger partial charge on any atom is -0.465 e. The molecule has 1 aromatic carbocycles. The van der Waals surface area contributed by atoms with E-state index in [1.54, 1.807) is 31.2 Å². The van der Waals surface area contributed by atoms with E-state index in [-0.39, 0.29) is 23.1 Å². The molecular formula is C19H16N4O4. The Labute approximate surface area is 153 Å². The number of benzene rings is 1. The van der Waals surface area contributed by atoms with Crippen molar-refractivity contribution in [3.8, 4) is 6.07 Å². The Morgan fingerprint density at radius 3 is 2.70 bits per heavy atom. The van der Waals surface area contributed by atoms with Crippen molar-refractivity contribution in [2.24, 2.45) is 7.05 Å². The number of methoxy groups -OCH3 is 1. The lowest BCUT2D eigenvalue weighted by Gasteiger charge is -2.13. The van der Waals surface area contributed by atoms with Gasteiger partial charge >= 0.3 is 11.7 Å². The van der Waals surface area contributed by atoms with Crippen molar-refractivity contribution < 1.29 is 9.53 Å².